The summed E-state index contributed by atoms with van der Waals surface area (Å²) in [6, 6.07) is 15.7. The average Bonchev–Trinajstić information content (AvgIpc) is 3.23. The molecule has 28 heavy (non-hydrogen) atoms. The van der Waals surface area contributed by atoms with E-state index in [0.717, 1.165) is 47.8 Å². The lowest BCUT2D eigenvalue weighted by Gasteiger charge is -2.25. The van der Waals surface area contributed by atoms with Gasteiger partial charge in [-0.3, -0.25) is 9.59 Å². The highest BCUT2D eigenvalue weighted by molar-refractivity contribution is 7.99. The lowest BCUT2D eigenvalue weighted by Crippen LogP contribution is -2.42. The topological polar surface area (TPSA) is 49.9 Å². The summed E-state index contributed by atoms with van der Waals surface area (Å²) in [4.78, 5) is 30.4. The number of hydrogen-bond donors (Lipinski definition) is 0. The van der Waals surface area contributed by atoms with Gasteiger partial charge in [-0.2, -0.15) is 0 Å². The molecule has 0 unspecified atom stereocenters. The number of likely N-dealkylation sites (tertiary alicyclic amines) is 1. The Morgan fingerprint density at radius 1 is 1.11 bits per heavy atom. The molecule has 4 rings (SSSR count). The molecule has 0 spiro atoms. The molecule has 1 fully saturated rings. The highest BCUT2D eigenvalue weighted by Gasteiger charge is 2.31. The fourth-order valence-corrected chi connectivity index (χ4v) is 5.04. The molecule has 2 aliphatic rings. The quantitative estimate of drug-likeness (QED) is 0.787. The van der Waals surface area contributed by atoms with Crippen LogP contribution in [0, 0.1) is 0 Å². The molecule has 0 radical (unpaired) electrons. The van der Waals surface area contributed by atoms with Gasteiger partial charge in [0, 0.05) is 29.7 Å². The van der Waals surface area contributed by atoms with Crippen molar-refractivity contribution in [3.8, 4) is 5.75 Å². The summed E-state index contributed by atoms with van der Waals surface area (Å²) in [6.45, 7) is 1.71. The number of hydrogen-bond acceptors (Lipinski definition) is 4. The van der Waals surface area contributed by atoms with Crippen molar-refractivity contribution in [3.63, 3.8) is 0 Å². The highest BCUT2D eigenvalue weighted by Crippen LogP contribution is 2.45. The van der Waals surface area contributed by atoms with E-state index in [0.29, 0.717) is 6.42 Å². The van der Waals surface area contributed by atoms with Crippen molar-refractivity contribution in [3.05, 3.63) is 54.1 Å². The maximum Gasteiger partial charge on any atom is 0.242 e. The van der Waals surface area contributed by atoms with E-state index < -0.39 is 0 Å². The molecule has 0 aliphatic carbocycles. The van der Waals surface area contributed by atoms with E-state index in [4.69, 9.17) is 4.74 Å². The maximum atomic E-state index is 13.2. The van der Waals surface area contributed by atoms with Crippen molar-refractivity contribution in [2.45, 2.75) is 29.4 Å². The highest BCUT2D eigenvalue weighted by atomic mass is 32.2. The smallest absolute Gasteiger partial charge is 0.242 e. The molecular weight excluding hydrogens is 372 g/mol. The van der Waals surface area contributed by atoms with Crippen LogP contribution in [0.1, 0.15) is 30.1 Å². The van der Waals surface area contributed by atoms with E-state index in [-0.39, 0.29) is 23.6 Å². The lowest BCUT2D eigenvalue weighted by atomic mass is 10.1. The summed E-state index contributed by atoms with van der Waals surface area (Å²) in [7, 11) is 1.64. The molecule has 5 nitrogen and oxygen atoms in total. The molecule has 6 heteroatoms. The van der Waals surface area contributed by atoms with Gasteiger partial charge in [-0.15, -0.1) is 11.8 Å². The predicted molar refractivity (Wildman–Crippen MR) is 111 cm³/mol. The van der Waals surface area contributed by atoms with E-state index in [1.807, 2.05) is 53.4 Å². The number of fused-ring (bicyclic) bond motifs is 1. The molecule has 2 heterocycles. The summed E-state index contributed by atoms with van der Waals surface area (Å²) >= 11 is 1.68. The number of para-hydroxylation sites is 1. The van der Waals surface area contributed by atoms with Gasteiger partial charge in [0.25, 0.3) is 0 Å². The number of carbonyl (C=O) groups is 2. The fourth-order valence-electron chi connectivity index (χ4n) is 3.76. The molecule has 0 aromatic heterocycles. The number of methoxy groups -OCH3 is 1. The third-order valence-electron chi connectivity index (χ3n) is 5.33. The molecule has 1 atom stereocenters. The lowest BCUT2D eigenvalue weighted by molar-refractivity contribution is -0.130. The molecule has 1 saturated heterocycles. The van der Waals surface area contributed by atoms with E-state index in [9.17, 15) is 9.59 Å². The first kappa shape index (κ1) is 18.9. The van der Waals surface area contributed by atoms with Crippen LogP contribution in [-0.4, -0.2) is 43.5 Å². The van der Waals surface area contributed by atoms with E-state index >= 15 is 0 Å². The Morgan fingerprint density at radius 3 is 2.54 bits per heavy atom. The van der Waals surface area contributed by atoms with Crippen molar-refractivity contribution >= 4 is 29.3 Å². The number of anilines is 1. The van der Waals surface area contributed by atoms with E-state index in [1.54, 1.807) is 23.8 Å². The second-order valence-corrected chi connectivity index (χ2v) is 8.36. The van der Waals surface area contributed by atoms with Gasteiger partial charge in [-0.1, -0.05) is 24.3 Å². The Bertz CT molecular complexity index is 862. The molecule has 0 bridgehead atoms. The summed E-state index contributed by atoms with van der Waals surface area (Å²) < 4.78 is 5.24. The average molecular weight is 397 g/mol. The van der Waals surface area contributed by atoms with Crippen LogP contribution in [0.25, 0.3) is 0 Å². The maximum absolute atomic E-state index is 13.2. The van der Waals surface area contributed by atoms with Crippen LogP contribution in [0.15, 0.2) is 53.4 Å². The van der Waals surface area contributed by atoms with Crippen molar-refractivity contribution in [2.24, 2.45) is 0 Å². The zero-order chi connectivity index (χ0) is 19.5. The van der Waals surface area contributed by atoms with E-state index in [2.05, 4.69) is 0 Å². The number of carbonyl (C=O) groups excluding carboxylic acids is 2. The van der Waals surface area contributed by atoms with Gasteiger partial charge >= 0.3 is 0 Å². The Kier molecular flexibility index (Phi) is 5.57. The second-order valence-electron chi connectivity index (χ2n) is 7.12. The molecule has 2 aliphatic heterocycles. The van der Waals surface area contributed by atoms with Gasteiger partial charge in [0.05, 0.1) is 12.8 Å². The molecule has 2 amide bonds. The van der Waals surface area contributed by atoms with Crippen LogP contribution < -0.4 is 9.64 Å². The van der Waals surface area contributed by atoms with Crippen LogP contribution in [0.4, 0.5) is 5.69 Å². The third-order valence-corrected chi connectivity index (χ3v) is 6.65. The standard InChI is InChI=1S/C22H24N2O3S/c1-27-17-10-8-16(9-11-17)20-14-21(25)24(15-22(26)23-12-4-5-13-23)18-6-2-3-7-19(18)28-20/h2-3,6-11,20H,4-5,12-15H2,1H3/t20-/m1/s1. The zero-order valence-corrected chi connectivity index (χ0v) is 16.8. The van der Waals surface area contributed by atoms with Gasteiger partial charge in [-0.25, -0.2) is 0 Å². The monoisotopic (exact) mass is 396 g/mol. The Hall–Kier alpha value is -2.47. The van der Waals surface area contributed by atoms with Crippen LogP contribution in [0.3, 0.4) is 0 Å². The van der Waals surface area contributed by atoms with Crippen molar-refractivity contribution in [2.75, 3.05) is 31.6 Å². The summed E-state index contributed by atoms with van der Waals surface area (Å²) in [5.41, 5.74) is 1.92. The molecule has 146 valence electrons. The molecule has 0 N–H and O–H groups in total. The number of ether oxygens (including phenoxy) is 1. The van der Waals surface area contributed by atoms with Crippen LogP contribution in [0.5, 0.6) is 5.75 Å². The van der Waals surface area contributed by atoms with Gasteiger partial charge in [0.1, 0.15) is 12.3 Å². The number of thioether (sulfide) groups is 1. The Balaban J connectivity index is 1.61. The summed E-state index contributed by atoms with van der Waals surface area (Å²) in [6.07, 6.45) is 2.45. The minimum absolute atomic E-state index is 0.00597. The van der Waals surface area contributed by atoms with Crippen molar-refractivity contribution in [1.82, 2.24) is 4.90 Å². The second kappa shape index (κ2) is 8.27. The van der Waals surface area contributed by atoms with Crippen molar-refractivity contribution in [1.29, 1.82) is 0 Å². The largest absolute Gasteiger partial charge is 0.497 e. The van der Waals surface area contributed by atoms with Gasteiger partial charge in [-0.05, 0) is 42.7 Å². The third kappa shape index (κ3) is 3.87. The minimum Gasteiger partial charge on any atom is -0.497 e. The first-order valence-electron chi connectivity index (χ1n) is 9.63. The zero-order valence-electron chi connectivity index (χ0n) is 16.0. The normalized spacial score (nSPS) is 19.3. The van der Waals surface area contributed by atoms with Crippen LogP contribution >= 0.6 is 11.8 Å². The number of amides is 2. The predicted octanol–water partition coefficient (Wildman–Crippen LogP) is 3.89. The van der Waals surface area contributed by atoms with Crippen molar-refractivity contribution < 1.29 is 14.3 Å². The first-order valence-corrected chi connectivity index (χ1v) is 10.5. The Labute approximate surface area is 169 Å². The van der Waals surface area contributed by atoms with Gasteiger partial charge < -0.3 is 14.5 Å². The summed E-state index contributed by atoms with van der Waals surface area (Å²) in [5.74, 6) is 0.825. The number of benzene rings is 2. The Morgan fingerprint density at radius 2 is 1.82 bits per heavy atom. The summed E-state index contributed by atoms with van der Waals surface area (Å²) in [5, 5.41) is 0.00597. The number of rotatable bonds is 4. The fraction of sp³-hybridized carbons (Fsp3) is 0.364. The minimum atomic E-state index is -0.00850. The van der Waals surface area contributed by atoms with Crippen LogP contribution in [0.2, 0.25) is 0 Å². The van der Waals surface area contributed by atoms with Gasteiger partial charge in [0.15, 0.2) is 0 Å². The SMILES string of the molecule is COc1ccc([C@H]2CC(=O)N(CC(=O)N3CCCC3)c3ccccc3S2)cc1. The number of nitrogens with zero attached hydrogens (tertiary/aromatic N) is 2. The molecule has 2 aromatic rings. The first-order chi connectivity index (χ1) is 13.7. The molecular formula is C22H24N2O3S. The molecule has 0 saturated carbocycles. The van der Waals surface area contributed by atoms with Crippen LogP contribution in [-0.2, 0) is 9.59 Å². The molecule has 2 aromatic carbocycles. The van der Waals surface area contributed by atoms with Gasteiger partial charge in [0.2, 0.25) is 11.8 Å². The van der Waals surface area contributed by atoms with E-state index in [1.165, 1.54) is 0 Å².